The Balaban J connectivity index is 1.69. The van der Waals surface area contributed by atoms with Gasteiger partial charge in [-0.3, -0.25) is 9.59 Å². The van der Waals surface area contributed by atoms with E-state index in [1.807, 2.05) is 36.4 Å². The Bertz CT molecular complexity index is 713. The molecular weight excluding hydrogens is 344 g/mol. The lowest BCUT2D eigenvalue weighted by molar-refractivity contribution is 0.103. The standard InChI is InChI=1S/C18H12O2S3/c19-15(13-7-3-1-4-8-13)11-17-21-18(23-22-17)12-16(20)14-9-5-2-6-10-14/h1-12H/b17-11+,18-12+. The third kappa shape index (κ3) is 4.41. The lowest BCUT2D eigenvalue weighted by Gasteiger charge is -1.96. The summed E-state index contributed by atoms with van der Waals surface area (Å²) in [4.78, 5) is 24.3. The van der Waals surface area contributed by atoms with E-state index in [1.54, 1.807) is 36.4 Å². The van der Waals surface area contributed by atoms with Gasteiger partial charge in [0.15, 0.2) is 11.6 Å². The van der Waals surface area contributed by atoms with E-state index in [0.29, 0.717) is 11.1 Å². The van der Waals surface area contributed by atoms with E-state index < -0.39 is 0 Å². The van der Waals surface area contributed by atoms with Gasteiger partial charge in [0.05, 0.1) is 8.47 Å². The first-order valence-electron chi connectivity index (χ1n) is 6.87. The van der Waals surface area contributed by atoms with Gasteiger partial charge in [-0.2, -0.15) is 0 Å². The highest BCUT2D eigenvalue weighted by atomic mass is 33.1. The second kappa shape index (κ2) is 7.73. The van der Waals surface area contributed by atoms with E-state index in [1.165, 1.54) is 33.3 Å². The summed E-state index contributed by atoms with van der Waals surface area (Å²) in [6.45, 7) is 0. The molecule has 0 N–H and O–H groups in total. The minimum atomic E-state index is -0.0168. The van der Waals surface area contributed by atoms with Crippen LogP contribution in [0.2, 0.25) is 0 Å². The monoisotopic (exact) mass is 356 g/mol. The maximum atomic E-state index is 12.2. The van der Waals surface area contributed by atoms with E-state index in [0.717, 1.165) is 8.47 Å². The summed E-state index contributed by atoms with van der Waals surface area (Å²) in [5.74, 6) is -0.0336. The minimum absolute atomic E-state index is 0.0168. The van der Waals surface area contributed by atoms with Gasteiger partial charge in [-0.25, -0.2) is 0 Å². The maximum Gasteiger partial charge on any atom is 0.187 e. The van der Waals surface area contributed by atoms with Crippen LogP contribution < -0.4 is 0 Å². The molecule has 2 aromatic rings. The summed E-state index contributed by atoms with van der Waals surface area (Å²) in [5, 5.41) is 0. The van der Waals surface area contributed by atoms with Crippen molar-refractivity contribution in [2.24, 2.45) is 0 Å². The first kappa shape index (κ1) is 16.2. The van der Waals surface area contributed by atoms with Crippen LogP contribution in [0.25, 0.3) is 0 Å². The van der Waals surface area contributed by atoms with Crippen LogP contribution >= 0.6 is 33.3 Å². The number of hydrogen-bond acceptors (Lipinski definition) is 5. The molecule has 0 bridgehead atoms. The molecule has 2 aromatic carbocycles. The molecule has 1 aliphatic heterocycles. The second-order valence-electron chi connectivity index (χ2n) is 4.66. The Labute approximate surface area is 146 Å². The van der Waals surface area contributed by atoms with Gasteiger partial charge in [-0.1, -0.05) is 72.4 Å². The Morgan fingerprint density at radius 1 is 0.652 bits per heavy atom. The summed E-state index contributed by atoms with van der Waals surface area (Å²) in [7, 11) is 3.02. The molecule has 5 heteroatoms. The van der Waals surface area contributed by atoms with Crippen LogP contribution in [0.3, 0.4) is 0 Å². The quantitative estimate of drug-likeness (QED) is 0.407. The predicted molar refractivity (Wildman–Crippen MR) is 100 cm³/mol. The van der Waals surface area contributed by atoms with Crippen molar-refractivity contribution >= 4 is 44.9 Å². The molecule has 3 rings (SSSR count). The van der Waals surface area contributed by atoms with Crippen molar-refractivity contribution in [1.82, 2.24) is 0 Å². The molecule has 1 fully saturated rings. The highest BCUT2D eigenvalue weighted by Gasteiger charge is 2.18. The van der Waals surface area contributed by atoms with E-state index in [9.17, 15) is 9.59 Å². The molecule has 1 saturated heterocycles. The zero-order chi connectivity index (χ0) is 16.1. The minimum Gasteiger partial charge on any atom is -0.289 e. The lowest BCUT2D eigenvalue weighted by Crippen LogP contribution is -1.94. The summed E-state index contributed by atoms with van der Waals surface area (Å²) < 4.78 is 1.80. The molecule has 1 aliphatic rings. The van der Waals surface area contributed by atoms with Crippen LogP contribution in [-0.2, 0) is 0 Å². The molecule has 0 aliphatic carbocycles. The number of ketones is 2. The third-order valence-corrected chi connectivity index (χ3v) is 7.27. The average Bonchev–Trinajstić information content (AvgIpc) is 3.03. The molecule has 0 spiro atoms. The molecule has 0 amide bonds. The maximum absolute atomic E-state index is 12.2. The van der Waals surface area contributed by atoms with Crippen LogP contribution in [0, 0.1) is 0 Å². The van der Waals surface area contributed by atoms with Gasteiger partial charge < -0.3 is 0 Å². The summed E-state index contributed by atoms with van der Waals surface area (Å²) in [5.41, 5.74) is 1.34. The number of hydrogen-bond donors (Lipinski definition) is 0. The summed E-state index contributed by atoms with van der Waals surface area (Å²) in [6.07, 6.45) is 3.26. The Kier molecular flexibility index (Phi) is 5.43. The van der Waals surface area contributed by atoms with E-state index >= 15 is 0 Å². The van der Waals surface area contributed by atoms with Gasteiger partial charge in [-0.15, -0.1) is 0 Å². The normalized spacial score (nSPS) is 17.6. The van der Waals surface area contributed by atoms with E-state index in [-0.39, 0.29) is 11.6 Å². The molecule has 1 heterocycles. The van der Waals surface area contributed by atoms with Gasteiger partial charge in [0, 0.05) is 23.3 Å². The van der Waals surface area contributed by atoms with Crippen molar-refractivity contribution in [3.05, 3.63) is 92.4 Å². The van der Waals surface area contributed by atoms with Crippen molar-refractivity contribution in [3.63, 3.8) is 0 Å². The second-order valence-corrected chi connectivity index (χ2v) is 8.47. The van der Waals surface area contributed by atoms with Crippen molar-refractivity contribution in [2.75, 3.05) is 0 Å². The van der Waals surface area contributed by atoms with E-state index in [2.05, 4.69) is 0 Å². The van der Waals surface area contributed by atoms with Crippen LogP contribution in [0.1, 0.15) is 20.7 Å². The number of thioether (sulfide) groups is 1. The Morgan fingerprint density at radius 3 is 1.43 bits per heavy atom. The highest BCUT2D eigenvalue weighted by Crippen LogP contribution is 2.56. The third-order valence-electron chi connectivity index (χ3n) is 3.02. The van der Waals surface area contributed by atoms with Crippen LogP contribution in [-0.4, -0.2) is 11.6 Å². The fourth-order valence-corrected chi connectivity index (χ4v) is 5.89. The van der Waals surface area contributed by atoms with Crippen LogP contribution in [0.15, 0.2) is 81.3 Å². The lowest BCUT2D eigenvalue weighted by atomic mass is 10.1. The van der Waals surface area contributed by atoms with Crippen molar-refractivity contribution in [3.8, 4) is 0 Å². The van der Waals surface area contributed by atoms with E-state index in [4.69, 9.17) is 0 Å². The molecule has 0 atom stereocenters. The summed E-state index contributed by atoms with van der Waals surface area (Å²) >= 11 is 1.46. The Hall–Kier alpha value is -1.69. The molecule has 23 heavy (non-hydrogen) atoms. The van der Waals surface area contributed by atoms with Gasteiger partial charge in [-0.05, 0) is 21.6 Å². The first-order chi connectivity index (χ1) is 11.2. The van der Waals surface area contributed by atoms with Gasteiger partial charge in [0.2, 0.25) is 0 Å². The number of carbonyl (C=O) groups excluding carboxylic acids is 2. The number of benzene rings is 2. The molecule has 0 aromatic heterocycles. The fourth-order valence-electron chi connectivity index (χ4n) is 1.91. The number of rotatable bonds is 4. The van der Waals surface area contributed by atoms with Crippen LogP contribution in [0.5, 0.6) is 0 Å². The van der Waals surface area contributed by atoms with Gasteiger partial charge in [0.1, 0.15) is 0 Å². The number of carbonyl (C=O) groups is 2. The van der Waals surface area contributed by atoms with Crippen molar-refractivity contribution in [1.29, 1.82) is 0 Å². The van der Waals surface area contributed by atoms with Crippen molar-refractivity contribution in [2.45, 2.75) is 0 Å². The topological polar surface area (TPSA) is 34.1 Å². The number of allylic oxidation sites excluding steroid dienone is 2. The SMILES string of the molecule is O=C(/C=C1/SS/C(=C/C(=O)c2ccccc2)S1)c1ccccc1. The molecule has 0 unspecified atom stereocenters. The largest absolute Gasteiger partial charge is 0.289 e. The first-order valence-corrected chi connectivity index (χ1v) is 9.83. The molecule has 0 saturated carbocycles. The van der Waals surface area contributed by atoms with Crippen molar-refractivity contribution < 1.29 is 9.59 Å². The van der Waals surface area contributed by atoms with Gasteiger partial charge in [0.25, 0.3) is 0 Å². The molecule has 114 valence electrons. The average molecular weight is 356 g/mol. The molecule has 0 radical (unpaired) electrons. The van der Waals surface area contributed by atoms with Gasteiger partial charge >= 0.3 is 0 Å². The van der Waals surface area contributed by atoms with Crippen LogP contribution in [0.4, 0.5) is 0 Å². The Morgan fingerprint density at radius 2 is 1.04 bits per heavy atom. The molecular formula is C18H12O2S3. The smallest absolute Gasteiger partial charge is 0.187 e. The zero-order valence-electron chi connectivity index (χ0n) is 12.0. The zero-order valence-corrected chi connectivity index (χ0v) is 14.4. The summed E-state index contributed by atoms with van der Waals surface area (Å²) in [6, 6.07) is 18.3. The predicted octanol–water partition coefficient (Wildman–Crippen LogP) is 5.56. The molecule has 2 nitrogen and oxygen atoms in total. The highest BCUT2D eigenvalue weighted by molar-refractivity contribution is 8.86. The fraction of sp³-hybridized carbons (Fsp3) is 0.